The summed E-state index contributed by atoms with van der Waals surface area (Å²) in [5, 5.41) is 142. The van der Waals surface area contributed by atoms with Gasteiger partial charge in [-0.3, -0.25) is 9.59 Å². The lowest BCUT2D eigenvalue weighted by Crippen LogP contribution is -2.61. The minimum Gasteiger partial charge on any atom is -0.479 e. The molecule has 0 saturated carbocycles. The number of hydrogen-bond donors (Lipinski definition) is 14. The lowest BCUT2D eigenvalue weighted by Gasteiger charge is -2.49. The van der Waals surface area contributed by atoms with Crippen molar-refractivity contribution in [3.05, 3.63) is 0 Å². The first-order valence-corrected chi connectivity index (χ1v) is 25.5. The Morgan fingerprint density at radius 3 is 1.92 bits per heavy atom. The van der Waals surface area contributed by atoms with E-state index in [4.69, 9.17) is 53.2 Å². The van der Waals surface area contributed by atoms with E-state index in [9.17, 15) is 70.6 Å². The third-order valence-electron chi connectivity index (χ3n) is 15.4. The first-order chi connectivity index (χ1) is 34.6. The van der Waals surface area contributed by atoms with Crippen LogP contribution < -0.4 is 0 Å². The zero-order valence-corrected chi connectivity index (χ0v) is 45.3. The van der Waals surface area contributed by atoms with Crippen LogP contribution in [0.3, 0.4) is 0 Å². The van der Waals surface area contributed by atoms with E-state index in [1.165, 1.54) is 27.9 Å². The fraction of sp³-hybridized carbons (Fsp3) is 0.939. The van der Waals surface area contributed by atoms with E-state index < -0.39 is 182 Å². The Bertz CT molecular complexity index is 1790. The maximum atomic E-state index is 14.1. The number of aliphatic hydroxyl groups is 13. The van der Waals surface area contributed by atoms with Crippen molar-refractivity contribution < 1.29 is 124 Å². The number of carboxylic acids is 1. The summed E-state index contributed by atoms with van der Waals surface area (Å²) in [5.74, 6) is -6.81. The molecule has 0 aromatic heterocycles. The molecular formula is C49H89NO25. The van der Waals surface area contributed by atoms with Crippen LogP contribution in [0.5, 0.6) is 0 Å². The second-order valence-electron chi connectivity index (χ2n) is 21.8. The van der Waals surface area contributed by atoms with Gasteiger partial charge in [0.25, 0.3) is 0 Å². The highest BCUT2D eigenvalue weighted by molar-refractivity contribution is 5.83. The lowest BCUT2D eigenvalue weighted by molar-refractivity contribution is -0.326. The van der Waals surface area contributed by atoms with Gasteiger partial charge in [0.15, 0.2) is 25.0 Å². The van der Waals surface area contributed by atoms with Gasteiger partial charge in [-0.15, -0.1) is 0 Å². The Kier molecular flexibility index (Phi) is 24.8. The summed E-state index contributed by atoms with van der Waals surface area (Å²) in [4.78, 5) is 40.5. The van der Waals surface area contributed by atoms with E-state index in [2.05, 4.69) is 0 Å². The summed E-state index contributed by atoms with van der Waals surface area (Å²) in [6.07, 6.45) is -26.6. The highest BCUT2D eigenvalue weighted by atomic mass is 16.7. The zero-order chi connectivity index (χ0) is 57.6. The number of hydrogen-bond acceptors (Lipinski definition) is 25. The van der Waals surface area contributed by atoms with Crippen LogP contribution in [-0.2, 0) is 52.3 Å². The number of nitrogens with zero attached hydrogens (tertiary/aromatic N) is 1. The molecule has 0 aromatic carbocycles. The van der Waals surface area contributed by atoms with Crippen molar-refractivity contribution in [3.63, 3.8) is 0 Å². The van der Waals surface area contributed by atoms with E-state index >= 15 is 0 Å². The average molecular weight is 1090 g/mol. The summed E-state index contributed by atoms with van der Waals surface area (Å²) >= 11 is 0. The predicted molar refractivity (Wildman–Crippen MR) is 258 cm³/mol. The molecule has 14 N–H and O–H groups in total. The molecule has 4 saturated heterocycles. The number of methoxy groups -OCH3 is 1. The number of Topliss-reactive ketones (excluding diaryl/α,β-unsaturated/α-hetero) is 1. The van der Waals surface area contributed by atoms with Gasteiger partial charge in [-0.1, -0.05) is 27.7 Å². The fourth-order valence-electron chi connectivity index (χ4n) is 10.6. The molecule has 0 bridgehead atoms. The molecular weight excluding hydrogens is 1000 g/mol. The standard InChI is InChI=1S/C37H67NO13.C12H22O12/c1-14-25-37(10,45)30(41)20(4)27(39)18(2)16-35(8,44)32(51-34-28(40)24(38(11)12)15-19(3)47-34)21(5)29(22(6)33(43)49-25)50-26-17-36(9,46-13)31(42)23(7)48-26;13-1-3(15)10(7(18)8(19)11(21)22)24-12-9(20)6(17)5(16)4(2-14)23-12/h18-26,28-32,34,40-42,44-45H,14-17H2,1-13H3;3-10,12-20H,1-2H2,(H,21,22)/t18?,19?,20?,21?,22?,23?,24?,25?,26?,28?,29?,30?,31?,32?,34?,35-,36-,37-;/m1./s1. The van der Waals surface area contributed by atoms with E-state index in [1.807, 2.05) is 25.9 Å². The molecule has 4 heterocycles. The Labute approximate surface area is 438 Å². The molecule has 0 spiro atoms. The maximum Gasteiger partial charge on any atom is 0.335 e. The summed E-state index contributed by atoms with van der Waals surface area (Å²) in [6.45, 7) is 14.6. The number of aliphatic carboxylic acids is 1. The number of aliphatic hydroxyl groups excluding tert-OH is 11. The lowest BCUT2D eigenvalue weighted by atomic mass is 9.74. The van der Waals surface area contributed by atoms with Crippen LogP contribution in [0.25, 0.3) is 0 Å². The number of rotatable bonds is 15. The van der Waals surface area contributed by atoms with Gasteiger partial charge in [-0.2, -0.15) is 0 Å². The number of esters is 1. The minimum absolute atomic E-state index is 0.0936. The highest BCUT2D eigenvalue weighted by Gasteiger charge is 2.54. The van der Waals surface area contributed by atoms with Gasteiger partial charge in [0.2, 0.25) is 0 Å². The Hall–Kier alpha value is -2.23. The number of likely N-dealkylation sites (N-methyl/N-ethyl adjacent to an activating group) is 1. The fourth-order valence-corrected chi connectivity index (χ4v) is 10.6. The van der Waals surface area contributed by atoms with Crippen molar-refractivity contribution in [3.8, 4) is 0 Å². The molecule has 26 heteroatoms. The van der Waals surface area contributed by atoms with Crippen molar-refractivity contribution in [2.24, 2.45) is 23.7 Å². The predicted octanol–water partition coefficient (Wildman–Crippen LogP) is -3.88. The van der Waals surface area contributed by atoms with Crippen molar-refractivity contribution in [2.45, 2.75) is 234 Å². The van der Waals surface area contributed by atoms with Crippen LogP contribution in [0.15, 0.2) is 0 Å². The number of carbonyl (C=O) groups excluding carboxylic acids is 2. The third kappa shape index (κ3) is 15.8. The first kappa shape index (κ1) is 67.0. The van der Waals surface area contributed by atoms with Crippen LogP contribution in [0.2, 0.25) is 0 Å². The molecule has 440 valence electrons. The maximum absolute atomic E-state index is 14.1. The highest BCUT2D eigenvalue weighted by Crippen LogP contribution is 2.41. The topological polar surface area (TPSA) is 412 Å². The summed E-state index contributed by atoms with van der Waals surface area (Å²) in [6, 6.07) is -0.324. The molecule has 0 aromatic rings. The number of carboxylic acid groups (broad SMARTS) is 1. The van der Waals surface area contributed by atoms with Crippen LogP contribution in [0.4, 0.5) is 0 Å². The molecule has 4 rings (SSSR count). The second kappa shape index (κ2) is 27.8. The van der Waals surface area contributed by atoms with E-state index in [0.717, 1.165) is 0 Å². The molecule has 0 radical (unpaired) electrons. The van der Waals surface area contributed by atoms with E-state index in [1.54, 1.807) is 41.5 Å². The molecule has 4 fully saturated rings. The van der Waals surface area contributed by atoms with Crippen molar-refractivity contribution in [1.82, 2.24) is 4.90 Å². The van der Waals surface area contributed by atoms with Gasteiger partial charge in [0, 0.05) is 37.3 Å². The van der Waals surface area contributed by atoms with Crippen LogP contribution in [0, 0.1) is 23.7 Å². The van der Waals surface area contributed by atoms with Crippen molar-refractivity contribution in [2.75, 3.05) is 34.4 Å². The SMILES string of the molecule is CCC1OC(=O)C(C)C(OC2C[C@@](C)(OC)C(O)C(C)O2)C(C)C(OC2OC(C)CC(N(C)C)C2O)[C@](C)(O)CC(C)C(=O)C(C)C(O)[C@]1(C)O.O=C(O)C(O)C(O)C(OC1OC(CO)C(O)C(O)C1O)C(O)CO. The second-order valence-corrected chi connectivity index (χ2v) is 21.8. The smallest absolute Gasteiger partial charge is 0.335 e. The molecule has 4 aliphatic rings. The van der Waals surface area contributed by atoms with Gasteiger partial charge < -0.3 is 114 Å². The van der Waals surface area contributed by atoms with Crippen molar-refractivity contribution in [1.29, 1.82) is 0 Å². The average Bonchev–Trinajstić information content (AvgIpc) is 3.35. The summed E-state index contributed by atoms with van der Waals surface area (Å²) < 4.78 is 47.0. The Balaban J connectivity index is 0.000000516. The molecule has 26 nitrogen and oxygen atoms in total. The van der Waals surface area contributed by atoms with Gasteiger partial charge >= 0.3 is 11.9 Å². The quantitative estimate of drug-likeness (QED) is 0.0698. The Morgan fingerprint density at radius 2 is 1.40 bits per heavy atom. The van der Waals surface area contributed by atoms with Gasteiger partial charge in [-0.05, 0) is 74.9 Å². The molecule has 4 aliphatic heterocycles. The number of cyclic esters (lactones) is 1. The number of carbonyl (C=O) groups is 3. The normalized spacial score (nSPS) is 45.3. The van der Waals surface area contributed by atoms with Crippen molar-refractivity contribution >= 4 is 17.7 Å². The number of ketones is 1. The first-order valence-electron chi connectivity index (χ1n) is 25.5. The minimum atomic E-state index is -2.39. The van der Waals surface area contributed by atoms with Crippen LogP contribution in [0.1, 0.15) is 94.9 Å². The Morgan fingerprint density at radius 1 is 0.800 bits per heavy atom. The zero-order valence-electron chi connectivity index (χ0n) is 45.3. The number of ether oxygens (including phenoxy) is 8. The van der Waals surface area contributed by atoms with Gasteiger partial charge in [0.05, 0.1) is 60.9 Å². The van der Waals surface area contributed by atoms with Crippen LogP contribution >= 0.6 is 0 Å². The monoisotopic (exact) mass is 1090 g/mol. The molecule has 0 amide bonds. The van der Waals surface area contributed by atoms with E-state index in [0.29, 0.717) is 6.42 Å². The van der Waals surface area contributed by atoms with Crippen LogP contribution in [-0.4, -0.2) is 268 Å². The molecule has 75 heavy (non-hydrogen) atoms. The largest absolute Gasteiger partial charge is 0.479 e. The molecule has 0 aliphatic carbocycles. The molecule has 27 atom stereocenters. The summed E-state index contributed by atoms with van der Waals surface area (Å²) in [7, 11) is 5.18. The van der Waals surface area contributed by atoms with E-state index in [-0.39, 0.29) is 31.4 Å². The van der Waals surface area contributed by atoms with Gasteiger partial charge in [-0.25, -0.2) is 4.79 Å². The summed E-state index contributed by atoms with van der Waals surface area (Å²) in [5.41, 5.74) is -4.84. The third-order valence-corrected chi connectivity index (χ3v) is 15.4. The van der Waals surface area contributed by atoms with Gasteiger partial charge in [0.1, 0.15) is 72.4 Å². The molecule has 24 unspecified atom stereocenters.